The normalized spacial score (nSPS) is 11.8. The lowest BCUT2D eigenvalue weighted by atomic mass is 10.2. The van der Waals surface area contributed by atoms with Crippen molar-refractivity contribution in [3.05, 3.63) is 10.5 Å². The van der Waals surface area contributed by atoms with Crippen LogP contribution in [-0.4, -0.2) is 19.3 Å². The van der Waals surface area contributed by atoms with E-state index >= 15 is 0 Å². The Morgan fingerprint density at radius 2 is 2.12 bits per heavy atom. The molecule has 0 saturated heterocycles. The molecule has 0 unspecified atom stereocenters. The minimum Gasteiger partial charge on any atom is -0.328 e. The quantitative estimate of drug-likeness (QED) is 0.835. The molecule has 0 bridgehead atoms. The van der Waals surface area contributed by atoms with Crippen molar-refractivity contribution in [1.29, 1.82) is 0 Å². The summed E-state index contributed by atoms with van der Waals surface area (Å²) < 4.78 is 4.86. The number of imidazole rings is 1. The second-order valence-corrected chi connectivity index (χ2v) is 4.94. The standard InChI is InChI=1S/C11H18N4S/c1-5-8-9-10(14(4)13-8)15(6-7(2)3)11(16)12-9/h7H,5-6H2,1-4H3,(H,12,16). The summed E-state index contributed by atoms with van der Waals surface area (Å²) in [7, 11) is 1.97. The molecule has 88 valence electrons. The van der Waals surface area contributed by atoms with Crippen LogP contribution in [0.1, 0.15) is 26.5 Å². The molecule has 2 aromatic heterocycles. The highest BCUT2D eigenvalue weighted by Crippen LogP contribution is 2.19. The first kappa shape index (κ1) is 11.4. The molecule has 0 atom stereocenters. The Bertz CT molecular complexity index is 558. The van der Waals surface area contributed by atoms with E-state index in [-0.39, 0.29) is 0 Å². The highest BCUT2D eigenvalue weighted by Gasteiger charge is 2.14. The molecule has 0 saturated carbocycles. The molecular formula is C11H18N4S. The van der Waals surface area contributed by atoms with Crippen molar-refractivity contribution in [2.75, 3.05) is 0 Å². The van der Waals surface area contributed by atoms with Crippen LogP contribution in [0.2, 0.25) is 0 Å². The summed E-state index contributed by atoms with van der Waals surface area (Å²) >= 11 is 5.36. The number of nitrogens with zero attached hydrogens (tertiary/aromatic N) is 3. The highest BCUT2D eigenvalue weighted by atomic mass is 32.1. The number of aryl methyl sites for hydroxylation is 2. The SMILES string of the molecule is CCc1nn(C)c2c1[nH]c(=S)n2CC(C)C. The maximum Gasteiger partial charge on any atom is 0.179 e. The van der Waals surface area contributed by atoms with Crippen LogP contribution in [0.15, 0.2) is 0 Å². The maximum atomic E-state index is 5.36. The first-order valence-electron chi connectivity index (χ1n) is 5.69. The third-order valence-corrected chi connectivity index (χ3v) is 3.03. The third-order valence-electron chi connectivity index (χ3n) is 2.70. The molecular weight excluding hydrogens is 220 g/mol. The monoisotopic (exact) mass is 238 g/mol. The average molecular weight is 238 g/mol. The van der Waals surface area contributed by atoms with Crippen molar-refractivity contribution in [3.8, 4) is 0 Å². The van der Waals surface area contributed by atoms with E-state index in [1.54, 1.807) is 0 Å². The lowest BCUT2D eigenvalue weighted by molar-refractivity contribution is 0.519. The van der Waals surface area contributed by atoms with Crippen LogP contribution in [0.3, 0.4) is 0 Å². The summed E-state index contributed by atoms with van der Waals surface area (Å²) in [6, 6.07) is 0. The van der Waals surface area contributed by atoms with Crippen molar-refractivity contribution < 1.29 is 0 Å². The molecule has 2 rings (SSSR count). The van der Waals surface area contributed by atoms with E-state index in [2.05, 4.69) is 35.4 Å². The van der Waals surface area contributed by atoms with Gasteiger partial charge in [0, 0.05) is 13.6 Å². The predicted octanol–water partition coefficient (Wildman–Crippen LogP) is 2.65. The third kappa shape index (κ3) is 1.69. The van der Waals surface area contributed by atoms with Gasteiger partial charge in [-0.15, -0.1) is 0 Å². The van der Waals surface area contributed by atoms with Crippen molar-refractivity contribution in [2.45, 2.75) is 33.7 Å². The fourth-order valence-corrected chi connectivity index (χ4v) is 2.32. The van der Waals surface area contributed by atoms with Gasteiger partial charge in [-0.2, -0.15) is 5.10 Å². The molecule has 1 N–H and O–H groups in total. The first-order chi connectivity index (χ1) is 7.54. The number of H-pyrrole nitrogens is 1. The molecule has 5 heteroatoms. The van der Waals surface area contributed by atoms with E-state index in [9.17, 15) is 0 Å². The number of aromatic amines is 1. The van der Waals surface area contributed by atoms with Gasteiger partial charge in [0.1, 0.15) is 5.52 Å². The highest BCUT2D eigenvalue weighted by molar-refractivity contribution is 7.71. The Morgan fingerprint density at radius 1 is 1.44 bits per heavy atom. The number of hydrogen-bond acceptors (Lipinski definition) is 2. The Hall–Kier alpha value is -1.10. The van der Waals surface area contributed by atoms with Crippen LogP contribution in [0.5, 0.6) is 0 Å². The number of hydrogen-bond donors (Lipinski definition) is 1. The topological polar surface area (TPSA) is 38.5 Å². The van der Waals surface area contributed by atoms with Gasteiger partial charge in [0.15, 0.2) is 10.4 Å². The van der Waals surface area contributed by atoms with Gasteiger partial charge in [-0.25, -0.2) is 0 Å². The molecule has 0 amide bonds. The van der Waals surface area contributed by atoms with Gasteiger partial charge in [0.05, 0.1) is 5.69 Å². The lowest BCUT2D eigenvalue weighted by Gasteiger charge is -2.07. The van der Waals surface area contributed by atoms with E-state index in [0.29, 0.717) is 5.92 Å². The molecule has 0 aliphatic rings. The van der Waals surface area contributed by atoms with Gasteiger partial charge in [-0.1, -0.05) is 20.8 Å². The summed E-state index contributed by atoms with van der Waals surface area (Å²) in [5.41, 5.74) is 3.29. The van der Waals surface area contributed by atoms with Crippen LogP contribution in [0, 0.1) is 10.7 Å². The molecule has 0 aliphatic heterocycles. The molecule has 4 nitrogen and oxygen atoms in total. The Balaban J connectivity index is 2.69. The number of aromatic nitrogens is 4. The molecule has 0 fully saturated rings. The molecule has 0 radical (unpaired) electrons. The van der Waals surface area contributed by atoms with E-state index < -0.39 is 0 Å². The minimum atomic E-state index is 0.575. The maximum absolute atomic E-state index is 5.36. The first-order valence-corrected chi connectivity index (χ1v) is 6.09. The van der Waals surface area contributed by atoms with Crippen molar-refractivity contribution >= 4 is 23.4 Å². The van der Waals surface area contributed by atoms with Gasteiger partial charge in [-0.05, 0) is 24.6 Å². The van der Waals surface area contributed by atoms with Crippen molar-refractivity contribution in [1.82, 2.24) is 19.3 Å². The van der Waals surface area contributed by atoms with Crippen LogP contribution in [0.25, 0.3) is 11.2 Å². The van der Waals surface area contributed by atoms with Crippen LogP contribution in [0.4, 0.5) is 0 Å². The van der Waals surface area contributed by atoms with E-state index in [0.717, 1.165) is 34.6 Å². The number of rotatable bonds is 3. The predicted molar refractivity (Wildman–Crippen MR) is 68.1 cm³/mol. The molecule has 2 aromatic rings. The molecule has 2 heterocycles. The molecule has 0 spiro atoms. The molecule has 16 heavy (non-hydrogen) atoms. The summed E-state index contributed by atoms with van der Waals surface area (Å²) in [5.74, 6) is 0.575. The summed E-state index contributed by atoms with van der Waals surface area (Å²) in [5, 5.41) is 4.50. The zero-order valence-corrected chi connectivity index (χ0v) is 11.1. The summed E-state index contributed by atoms with van der Waals surface area (Å²) in [6.45, 7) is 7.43. The Kier molecular flexibility index (Phi) is 2.88. The van der Waals surface area contributed by atoms with Crippen molar-refractivity contribution in [3.63, 3.8) is 0 Å². The smallest absolute Gasteiger partial charge is 0.179 e. The minimum absolute atomic E-state index is 0.575. The number of fused-ring (bicyclic) bond motifs is 1. The van der Waals surface area contributed by atoms with E-state index in [1.165, 1.54) is 0 Å². The molecule has 0 aromatic carbocycles. The van der Waals surface area contributed by atoms with E-state index in [4.69, 9.17) is 12.2 Å². The zero-order chi connectivity index (χ0) is 11.9. The van der Waals surface area contributed by atoms with Gasteiger partial charge >= 0.3 is 0 Å². The lowest BCUT2D eigenvalue weighted by Crippen LogP contribution is -2.07. The van der Waals surface area contributed by atoms with Gasteiger partial charge in [0.25, 0.3) is 0 Å². The zero-order valence-electron chi connectivity index (χ0n) is 10.2. The second-order valence-electron chi connectivity index (χ2n) is 4.56. The van der Waals surface area contributed by atoms with Gasteiger partial charge in [0.2, 0.25) is 0 Å². The van der Waals surface area contributed by atoms with E-state index in [1.807, 2.05) is 11.7 Å². The number of nitrogens with one attached hydrogen (secondary N) is 1. The fraction of sp³-hybridized carbons (Fsp3) is 0.636. The van der Waals surface area contributed by atoms with Crippen LogP contribution >= 0.6 is 12.2 Å². The Morgan fingerprint density at radius 3 is 2.69 bits per heavy atom. The largest absolute Gasteiger partial charge is 0.328 e. The van der Waals surface area contributed by atoms with Crippen molar-refractivity contribution in [2.24, 2.45) is 13.0 Å². The summed E-state index contributed by atoms with van der Waals surface area (Å²) in [6.07, 6.45) is 0.925. The van der Waals surface area contributed by atoms with Gasteiger partial charge in [-0.3, -0.25) is 4.68 Å². The summed E-state index contributed by atoms with van der Waals surface area (Å²) in [4.78, 5) is 3.27. The Labute approximate surface area is 100 Å². The van der Waals surface area contributed by atoms with Gasteiger partial charge < -0.3 is 9.55 Å². The van der Waals surface area contributed by atoms with Crippen LogP contribution < -0.4 is 0 Å². The second kappa shape index (κ2) is 4.05. The molecule has 0 aliphatic carbocycles. The fourth-order valence-electron chi connectivity index (χ4n) is 2.06. The average Bonchev–Trinajstić information content (AvgIpc) is 2.66. The van der Waals surface area contributed by atoms with Crippen LogP contribution in [-0.2, 0) is 20.0 Å².